The molecule has 2 aliphatic heterocycles. The lowest BCUT2D eigenvalue weighted by atomic mass is 9.96. The summed E-state index contributed by atoms with van der Waals surface area (Å²) in [6, 6.07) is 2.28. The number of aromatic carboxylic acids is 1. The summed E-state index contributed by atoms with van der Waals surface area (Å²) in [5, 5.41) is 8.47. The molecular weight excluding hydrogens is 364 g/mol. The van der Waals surface area contributed by atoms with Crippen molar-refractivity contribution < 1.29 is 32.3 Å². The Hall–Kier alpha value is -1.91. The molecule has 1 unspecified atom stereocenters. The van der Waals surface area contributed by atoms with Crippen LogP contribution in [0.5, 0.6) is 0 Å². The molecule has 0 bridgehead atoms. The lowest BCUT2D eigenvalue weighted by molar-refractivity contribution is -0.144. The second-order valence-corrected chi connectivity index (χ2v) is 8.43. The van der Waals surface area contributed by atoms with Crippen LogP contribution in [0.15, 0.2) is 21.6 Å². The largest absolute Gasteiger partial charge is 0.475 e. The Morgan fingerprint density at radius 3 is 2.46 bits per heavy atom. The first-order valence-corrected chi connectivity index (χ1v) is 9.96. The molecule has 9 nitrogen and oxygen atoms in total. The van der Waals surface area contributed by atoms with E-state index in [2.05, 4.69) is 0 Å². The molecule has 3 heterocycles. The molecule has 0 aliphatic carbocycles. The lowest BCUT2D eigenvalue weighted by Gasteiger charge is -2.38. The molecule has 144 valence electrons. The number of ether oxygens (including phenoxy) is 1. The maximum atomic E-state index is 12.7. The molecule has 26 heavy (non-hydrogen) atoms. The predicted octanol–water partition coefficient (Wildman–Crippen LogP) is 0.626. The number of hydrogen-bond donors (Lipinski definition) is 1. The quantitative estimate of drug-likeness (QED) is 0.806. The number of hydrogen-bond acceptors (Lipinski definition) is 6. The van der Waals surface area contributed by atoms with Crippen LogP contribution in [0.2, 0.25) is 0 Å². The fourth-order valence-electron chi connectivity index (χ4n) is 3.33. The van der Waals surface area contributed by atoms with Gasteiger partial charge in [-0.3, -0.25) is 4.79 Å². The molecule has 0 aromatic carbocycles. The number of carbonyl (C=O) groups excluding carboxylic acids is 1. The zero-order valence-corrected chi connectivity index (χ0v) is 15.3. The molecular formula is C16H22N2O7S. The second kappa shape index (κ2) is 7.37. The summed E-state index contributed by atoms with van der Waals surface area (Å²) in [5.74, 6) is -1.91. The van der Waals surface area contributed by atoms with Crippen molar-refractivity contribution in [3.05, 3.63) is 17.9 Å². The summed E-state index contributed by atoms with van der Waals surface area (Å²) in [6.45, 7) is 3.93. The minimum atomic E-state index is -3.90. The van der Waals surface area contributed by atoms with Crippen molar-refractivity contribution in [1.29, 1.82) is 0 Å². The van der Waals surface area contributed by atoms with Gasteiger partial charge in [0.25, 0.3) is 10.0 Å². The smallest absolute Gasteiger partial charge is 0.371 e. The Morgan fingerprint density at radius 2 is 1.88 bits per heavy atom. The molecule has 2 aliphatic rings. The van der Waals surface area contributed by atoms with Crippen LogP contribution in [0.25, 0.3) is 0 Å². The van der Waals surface area contributed by atoms with E-state index in [-0.39, 0.29) is 36.0 Å². The van der Waals surface area contributed by atoms with Crippen molar-refractivity contribution in [2.45, 2.75) is 30.9 Å². The number of furan rings is 1. The summed E-state index contributed by atoms with van der Waals surface area (Å²) < 4.78 is 36.7. The molecule has 1 N–H and O–H groups in total. The van der Waals surface area contributed by atoms with Crippen molar-refractivity contribution in [2.24, 2.45) is 5.92 Å². The fourth-order valence-corrected chi connectivity index (χ4v) is 4.71. The van der Waals surface area contributed by atoms with Gasteiger partial charge >= 0.3 is 5.97 Å². The van der Waals surface area contributed by atoms with Crippen LogP contribution >= 0.6 is 0 Å². The molecule has 0 radical (unpaired) electrons. The number of carboxylic acids is 1. The van der Waals surface area contributed by atoms with Crippen LogP contribution in [0.3, 0.4) is 0 Å². The average molecular weight is 386 g/mol. The minimum Gasteiger partial charge on any atom is -0.475 e. The highest BCUT2D eigenvalue weighted by molar-refractivity contribution is 7.89. The second-order valence-electron chi connectivity index (χ2n) is 6.56. The normalized spacial score (nSPS) is 23.1. The number of sulfonamides is 1. The first-order chi connectivity index (χ1) is 12.3. The summed E-state index contributed by atoms with van der Waals surface area (Å²) in [5.41, 5.74) is 0. The van der Waals surface area contributed by atoms with Gasteiger partial charge in [-0.1, -0.05) is 0 Å². The number of piperidine rings is 1. The molecule has 2 fully saturated rings. The maximum absolute atomic E-state index is 12.7. The Morgan fingerprint density at radius 1 is 1.19 bits per heavy atom. The first-order valence-electron chi connectivity index (χ1n) is 8.52. The minimum absolute atomic E-state index is 0.0237. The topological polar surface area (TPSA) is 117 Å². The average Bonchev–Trinajstić information content (AvgIpc) is 3.13. The number of rotatable bonds is 4. The van der Waals surface area contributed by atoms with Gasteiger partial charge in [0.05, 0.1) is 19.3 Å². The molecule has 3 rings (SSSR count). The first kappa shape index (κ1) is 18.9. The Kier molecular flexibility index (Phi) is 5.35. The van der Waals surface area contributed by atoms with Gasteiger partial charge in [0.2, 0.25) is 16.8 Å². The highest BCUT2D eigenvalue weighted by Crippen LogP contribution is 2.27. The van der Waals surface area contributed by atoms with E-state index in [1.165, 1.54) is 4.31 Å². The number of carboxylic acid groups (broad SMARTS) is 1. The molecule has 10 heteroatoms. The number of carbonyl (C=O) groups is 2. The molecule has 2 saturated heterocycles. The molecule has 1 aromatic rings. The van der Waals surface area contributed by atoms with Crippen LogP contribution in [0.4, 0.5) is 0 Å². The predicted molar refractivity (Wildman–Crippen MR) is 89.1 cm³/mol. The van der Waals surface area contributed by atoms with Gasteiger partial charge in [0, 0.05) is 25.6 Å². The van der Waals surface area contributed by atoms with E-state index in [0.717, 1.165) is 12.1 Å². The third kappa shape index (κ3) is 3.62. The highest BCUT2D eigenvalue weighted by Gasteiger charge is 2.36. The van der Waals surface area contributed by atoms with E-state index in [9.17, 15) is 18.0 Å². The maximum Gasteiger partial charge on any atom is 0.371 e. The van der Waals surface area contributed by atoms with Crippen LogP contribution in [0, 0.1) is 5.92 Å². The van der Waals surface area contributed by atoms with E-state index in [1.807, 2.05) is 11.8 Å². The number of morpholine rings is 1. The van der Waals surface area contributed by atoms with Gasteiger partial charge in [-0.25, -0.2) is 13.2 Å². The van der Waals surface area contributed by atoms with E-state index in [4.69, 9.17) is 14.3 Å². The Balaban J connectivity index is 1.63. The van der Waals surface area contributed by atoms with Crippen LogP contribution in [-0.2, 0) is 19.6 Å². The molecule has 0 spiro atoms. The molecule has 1 atom stereocenters. The number of amides is 1. The summed E-state index contributed by atoms with van der Waals surface area (Å²) in [7, 11) is -3.90. The van der Waals surface area contributed by atoms with Crippen molar-refractivity contribution in [3.8, 4) is 0 Å². The van der Waals surface area contributed by atoms with Gasteiger partial charge in [0.1, 0.15) is 0 Å². The monoisotopic (exact) mass is 386 g/mol. The zero-order valence-electron chi connectivity index (χ0n) is 14.5. The van der Waals surface area contributed by atoms with Gasteiger partial charge in [-0.15, -0.1) is 0 Å². The van der Waals surface area contributed by atoms with Crippen LogP contribution in [-0.4, -0.2) is 73.5 Å². The van der Waals surface area contributed by atoms with Crippen LogP contribution < -0.4 is 0 Å². The summed E-state index contributed by atoms with van der Waals surface area (Å²) in [6.07, 6.45) is 0.850. The van der Waals surface area contributed by atoms with E-state index >= 15 is 0 Å². The van der Waals surface area contributed by atoms with Gasteiger partial charge in [-0.2, -0.15) is 4.31 Å². The standard InChI is InChI=1S/C16H22N2O7S/c1-11-10-24-9-8-18(11)15(19)12-4-6-17(7-5-12)26(22,23)14-3-2-13(25-14)16(20)21/h2-3,11-12H,4-10H2,1H3,(H,20,21). The van der Waals surface area contributed by atoms with E-state index in [0.29, 0.717) is 32.6 Å². The van der Waals surface area contributed by atoms with Crippen molar-refractivity contribution in [2.75, 3.05) is 32.8 Å². The Labute approximate surface area is 151 Å². The zero-order chi connectivity index (χ0) is 18.9. The van der Waals surface area contributed by atoms with Crippen molar-refractivity contribution >= 4 is 21.9 Å². The van der Waals surface area contributed by atoms with Crippen molar-refractivity contribution in [3.63, 3.8) is 0 Å². The van der Waals surface area contributed by atoms with Gasteiger partial charge in [-0.05, 0) is 31.9 Å². The third-order valence-corrected chi connectivity index (χ3v) is 6.61. The van der Waals surface area contributed by atoms with Gasteiger partial charge < -0.3 is 19.2 Å². The highest BCUT2D eigenvalue weighted by atomic mass is 32.2. The SMILES string of the molecule is CC1COCCN1C(=O)C1CCN(S(=O)(=O)c2ccc(C(=O)O)o2)CC1. The Bertz CT molecular complexity index is 780. The van der Waals surface area contributed by atoms with E-state index < -0.39 is 21.8 Å². The molecule has 1 amide bonds. The van der Waals surface area contributed by atoms with Crippen LogP contribution in [0.1, 0.15) is 30.3 Å². The number of nitrogens with zero attached hydrogens (tertiary/aromatic N) is 2. The molecule has 0 saturated carbocycles. The third-order valence-electron chi connectivity index (χ3n) is 4.84. The summed E-state index contributed by atoms with van der Waals surface area (Å²) >= 11 is 0. The van der Waals surface area contributed by atoms with E-state index in [1.54, 1.807) is 0 Å². The van der Waals surface area contributed by atoms with Crippen molar-refractivity contribution in [1.82, 2.24) is 9.21 Å². The molecule has 1 aromatic heterocycles. The fraction of sp³-hybridized carbons (Fsp3) is 0.625. The van der Waals surface area contributed by atoms with Gasteiger partial charge in [0.15, 0.2) is 0 Å². The summed E-state index contributed by atoms with van der Waals surface area (Å²) in [4.78, 5) is 25.4. The lowest BCUT2D eigenvalue weighted by Crippen LogP contribution is -2.51.